The van der Waals surface area contributed by atoms with Gasteiger partial charge < -0.3 is 40.8 Å². The summed E-state index contributed by atoms with van der Waals surface area (Å²) in [6.07, 6.45) is 1.81. The van der Waals surface area contributed by atoms with Gasteiger partial charge in [0, 0.05) is 55.5 Å². The number of rotatable bonds is 10. The number of carbonyl (C=O) groups is 2. The highest BCUT2D eigenvalue weighted by Gasteiger charge is 2.33. The number of urea groups is 1. The molecule has 44 heavy (non-hydrogen) atoms. The van der Waals surface area contributed by atoms with E-state index in [4.69, 9.17) is 10.5 Å². The highest BCUT2D eigenvalue weighted by atomic mass is 16.5. The van der Waals surface area contributed by atoms with Crippen LogP contribution in [-0.4, -0.2) is 79.6 Å². The summed E-state index contributed by atoms with van der Waals surface area (Å²) in [5.74, 6) is 0.138. The zero-order chi connectivity index (χ0) is 31.2. The molecule has 1 aromatic heterocycles. The van der Waals surface area contributed by atoms with Crippen LogP contribution in [0.3, 0.4) is 0 Å². The zero-order valence-corrected chi connectivity index (χ0v) is 26.0. The molecule has 2 heterocycles. The number of anilines is 2. The Hall–Kier alpha value is -4.54. The number of amides is 3. The van der Waals surface area contributed by atoms with Gasteiger partial charge in [-0.15, -0.1) is 0 Å². The predicted molar refractivity (Wildman–Crippen MR) is 176 cm³/mol. The fraction of sp³-hybridized carbons (Fsp3) is 0.353. The van der Waals surface area contributed by atoms with Gasteiger partial charge in [-0.2, -0.15) is 0 Å². The van der Waals surface area contributed by atoms with Crippen LogP contribution in [0.25, 0.3) is 10.9 Å². The van der Waals surface area contributed by atoms with Crippen molar-refractivity contribution in [3.63, 3.8) is 0 Å². The van der Waals surface area contributed by atoms with Gasteiger partial charge in [0.15, 0.2) is 0 Å². The second-order valence-electron chi connectivity index (χ2n) is 11.5. The number of ether oxygens (including phenoxy) is 1. The number of nitrogens with zero attached hydrogens (tertiary/aromatic N) is 3. The van der Waals surface area contributed by atoms with E-state index < -0.39 is 18.0 Å². The van der Waals surface area contributed by atoms with Gasteiger partial charge in [0.2, 0.25) is 5.91 Å². The molecule has 0 unspecified atom stereocenters. The second-order valence-corrected chi connectivity index (χ2v) is 11.5. The fourth-order valence-electron chi connectivity index (χ4n) is 5.65. The molecule has 10 nitrogen and oxygen atoms in total. The van der Waals surface area contributed by atoms with Crippen LogP contribution in [0.4, 0.5) is 16.2 Å². The van der Waals surface area contributed by atoms with Crippen molar-refractivity contribution < 1.29 is 14.3 Å². The maximum Gasteiger partial charge on any atom is 0.318 e. The van der Waals surface area contributed by atoms with Crippen molar-refractivity contribution in [3.05, 3.63) is 89.6 Å². The third kappa shape index (κ3) is 7.15. The molecule has 5 N–H and O–H groups in total. The van der Waals surface area contributed by atoms with Crippen molar-refractivity contribution in [2.24, 2.45) is 5.73 Å². The summed E-state index contributed by atoms with van der Waals surface area (Å²) < 4.78 is 5.83. The molecule has 0 bridgehead atoms. The van der Waals surface area contributed by atoms with E-state index in [-0.39, 0.29) is 6.03 Å². The van der Waals surface area contributed by atoms with Gasteiger partial charge in [0.05, 0.1) is 18.3 Å². The first kappa shape index (κ1) is 30.9. The quantitative estimate of drug-likeness (QED) is 0.214. The lowest BCUT2D eigenvalue weighted by Crippen LogP contribution is -2.57. The van der Waals surface area contributed by atoms with Crippen molar-refractivity contribution in [2.45, 2.75) is 32.5 Å². The second kappa shape index (κ2) is 13.8. The van der Waals surface area contributed by atoms with Gasteiger partial charge in [-0.25, -0.2) is 4.79 Å². The Labute approximate surface area is 259 Å². The molecule has 0 radical (unpaired) electrons. The molecular weight excluding hydrogens is 554 g/mol. The molecular formula is C34H43N7O3. The Morgan fingerprint density at radius 2 is 1.75 bits per heavy atom. The maximum absolute atomic E-state index is 14.0. The number of H-pyrrole nitrogens is 1. The molecule has 0 saturated carbocycles. The number of hydrogen-bond donors (Lipinski definition) is 4. The van der Waals surface area contributed by atoms with Gasteiger partial charge in [0.25, 0.3) is 0 Å². The standard InChI is InChI=1S/C34H43N7O3/c1-5-44-30-15-12-24(22-39(3)4)20-29(30)37-33(42)32(31(35)27-21-36-28-9-7-6-8-26(27)28)38-34(43)41-18-16-40(17-19-41)25-13-10-23(2)11-14-25/h6-15,20-21,31-32,36H,5,16-19,22,35H2,1-4H3,(H,37,42)(H,38,43)/t31-,32+/m0/s1. The highest BCUT2D eigenvalue weighted by Crippen LogP contribution is 2.29. The highest BCUT2D eigenvalue weighted by molar-refractivity contribution is 5.99. The van der Waals surface area contributed by atoms with Crippen molar-refractivity contribution >= 4 is 34.2 Å². The molecule has 0 aliphatic carbocycles. The summed E-state index contributed by atoms with van der Waals surface area (Å²) in [4.78, 5) is 37.0. The summed E-state index contributed by atoms with van der Waals surface area (Å²) in [5, 5.41) is 6.92. The third-order valence-corrected chi connectivity index (χ3v) is 7.97. The van der Waals surface area contributed by atoms with Gasteiger partial charge in [-0.1, -0.05) is 42.0 Å². The molecule has 3 amide bonds. The fourth-order valence-corrected chi connectivity index (χ4v) is 5.65. The minimum Gasteiger partial charge on any atom is -0.492 e. The number of aromatic amines is 1. The number of aromatic nitrogens is 1. The number of piperazine rings is 1. The van der Waals surface area contributed by atoms with E-state index in [1.54, 1.807) is 4.90 Å². The van der Waals surface area contributed by atoms with E-state index >= 15 is 0 Å². The lowest BCUT2D eigenvalue weighted by atomic mass is 9.98. The Balaban J connectivity index is 1.37. The predicted octanol–water partition coefficient (Wildman–Crippen LogP) is 4.48. The Bertz CT molecular complexity index is 1580. The van der Waals surface area contributed by atoms with E-state index in [1.807, 2.05) is 69.7 Å². The molecule has 1 saturated heterocycles. The average Bonchev–Trinajstić information content (AvgIpc) is 3.45. The number of fused-ring (bicyclic) bond motifs is 1. The molecule has 1 fully saturated rings. The smallest absolute Gasteiger partial charge is 0.318 e. The van der Waals surface area contributed by atoms with Crippen molar-refractivity contribution in [1.82, 2.24) is 20.1 Å². The van der Waals surface area contributed by atoms with Crippen LogP contribution in [0.2, 0.25) is 0 Å². The topological polar surface area (TPSA) is 119 Å². The third-order valence-electron chi connectivity index (χ3n) is 7.97. The lowest BCUT2D eigenvalue weighted by molar-refractivity contribution is -0.118. The summed E-state index contributed by atoms with van der Waals surface area (Å²) in [5.41, 5.74) is 12.4. The normalized spacial score (nSPS) is 14.9. The number of aryl methyl sites for hydroxylation is 1. The number of nitrogens with two attached hydrogens (primary N) is 1. The lowest BCUT2D eigenvalue weighted by Gasteiger charge is -2.37. The van der Waals surface area contributed by atoms with Gasteiger partial charge >= 0.3 is 6.03 Å². The first-order valence-electron chi connectivity index (χ1n) is 15.1. The zero-order valence-electron chi connectivity index (χ0n) is 26.0. The molecule has 10 heteroatoms. The number of nitrogens with one attached hydrogen (secondary N) is 3. The number of carbonyl (C=O) groups excluding carboxylic acids is 2. The molecule has 3 aromatic carbocycles. The summed E-state index contributed by atoms with van der Waals surface area (Å²) >= 11 is 0. The molecule has 1 aliphatic heterocycles. The Morgan fingerprint density at radius 3 is 2.45 bits per heavy atom. The van der Waals surface area contributed by atoms with E-state index in [1.165, 1.54) is 5.56 Å². The monoisotopic (exact) mass is 597 g/mol. The van der Waals surface area contributed by atoms with E-state index in [9.17, 15) is 9.59 Å². The minimum absolute atomic E-state index is 0.324. The Kier molecular flexibility index (Phi) is 9.72. The van der Waals surface area contributed by atoms with Gasteiger partial charge in [0.1, 0.15) is 11.8 Å². The summed E-state index contributed by atoms with van der Waals surface area (Å²) in [6.45, 7) is 7.54. The average molecular weight is 598 g/mol. The van der Waals surface area contributed by atoms with Gasteiger partial charge in [-0.05, 0) is 69.4 Å². The largest absolute Gasteiger partial charge is 0.492 e. The molecule has 232 valence electrons. The SMILES string of the molecule is CCOc1ccc(CN(C)C)cc1NC(=O)[C@H](NC(=O)N1CCN(c2ccc(C)cc2)CC1)[C@@H](N)c1c[nH]c2ccccc12. The van der Waals surface area contributed by atoms with E-state index in [0.717, 1.165) is 27.7 Å². The summed E-state index contributed by atoms with van der Waals surface area (Å²) in [7, 11) is 3.97. The van der Waals surface area contributed by atoms with Crippen LogP contribution in [0.5, 0.6) is 5.75 Å². The molecule has 2 atom stereocenters. The molecule has 4 aromatic rings. The van der Waals surface area contributed by atoms with Crippen molar-refractivity contribution in [1.29, 1.82) is 0 Å². The Morgan fingerprint density at radius 1 is 1.02 bits per heavy atom. The maximum atomic E-state index is 14.0. The van der Waals surface area contributed by atoms with Crippen LogP contribution >= 0.6 is 0 Å². The van der Waals surface area contributed by atoms with Crippen LogP contribution in [0.1, 0.15) is 29.7 Å². The first-order valence-corrected chi connectivity index (χ1v) is 15.1. The van der Waals surface area contributed by atoms with Crippen LogP contribution in [0.15, 0.2) is 72.9 Å². The minimum atomic E-state index is -1.05. The molecule has 5 rings (SSSR count). The molecule has 0 spiro atoms. The van der Waals surface area contributed by atoms with Gasteiger partial charge in [-0.3, -0.25) is 4.79 Å². The van der Waals surface area contributed by atoms with Crippen molar-refractivity contribution in [3.8, 4) is 5.75 Å². The van der Waals surface area contributed by atoms with Crippen LogP contribution in [-0.2, 0) is 11.3 Å². The first-order chi connectivity index (χ1) is 21.2. The van der Waals surface area contributed by atoms with Crippen LogP contribution < -0.4 is 26.0 Å². The number of hydrogen-bond acceptors (Lipinski definition) is 6. The van der Waals surface area contributed by atoms with Crippen molar-refractivity contribution in [2.75, 3.05) is 57.1 Å². The molecule has 1 aliphatic rings. The number of benzene rings is 3. The summed E-state index contributed by atoms with van der Waals surface area (Å²) in [6, 6.07) is 19.7. The van der Waals surface area contributed by atoms with Crippen LogP contribution in [0, 0.1) is 6.92 Å². The van der Waals surface area contributed by atoms with E-state index in [2.05, 4.69) is 56.6 Å². The van der Waals surface area contributed by atoms with E-state index in [0.29, 0.717) is 50.8 Å². The number of para-hydroxylation sites is 1.